The van der Waals surface area contributed by atoms with Crippen LogP contribution in [0.15, 0.2) is 29.3 Å². The molecule has 1 aromatic rings. The maximum atomic E-state index is 9.64. The van der Waals surface area contributed by atoms with E-state index in [1.165, 1.54) is 0 Å². The standard InChI is InChI=1S/C13H15ClN2O/c14-9-3-1-8(2-4-9)13-15-11-6-5-10(17)7-12(11)16-13/h1-4,10-12,17H,5-7H2,(H,15,16). The second-order valence-electron chi connectivity index (χ2n) is 4.77. The highest BCUT2D eigenvalue weighted by Crippen LogP contribution is 2.26. The summed E-state index contributed by atoms with van der Waals surface area (Å²) in [7, 11) is 0. The van der Waals surface area contributed by atoms with Gasteiger partial charge in [-0.25, -0.2) is 0 Å². The number of rotatable bonds is 1. The van der Waals surface area contributed by atoms with Crippen molar-refractivity contribution in [3.05, 3.63) is 34.9 Å². The van der Waals surface area contributed by atoms with Gasteiger partial charge in [0, 0.05) is 10.6 Å². The fourth-order valence-electron chi connectivity index (χ4n) is 2.59. The molecule has 1 fully saturated rings. The zero-order chi connectivity index (χ0) is 11.8. The van der Waals surface area contributed by atoms with Crippen molar-refractivity contribution in [3.63, 3.8) is 0 Å². The maximum absolute atomic E-state index is 9.64. The first-order chi connectivity index (χ1) is 8.22. The molecule has 2 N–H and O–H groups in total. The average Bonchev–Trinajstić information content (AvgIpc) is 2.72. The number of nitrogens with one attached hydrogen (secondary N) is 1. The molecule has 0 bridgehead atoms. The molecule has 90 valence electrons. The summed E-state index contributed by atoms with van der Waals surface area (Å²) < 4.78 is 0. The van der Waals surface area contributed by atoms with Gasteiger partial charge in [0.15, 0.2) is 0 Å². The van der Waals surface area contributed by atoms with Gasteiger partial charge in [-0.05, 0) is 43.5 Å². The third-order valence-electron chi connectivity index (χ3n) is 3.52. The highest BCUT2D eigenvalue weighted by molar-refractivity contribution is 6.30. The number of hydrogen-bond donors (Lipinski definition) is 2. The molecule has 3 atom stereocenters. The zero-order valence-corrected chi connectivity index (χ0v) is 10.2. The van der Waals surface area contributed by atoms with Gasteiger partial charge in [0.05, 0.1) is 18.2 Å². The minimum absolute atomic E-state index is 0.177. The van der Waals surface area contributed by atoms with Crippen LogP contribution in [0, 0.1) is 0 Å². The van der Waals surface area contributed by atoms with Gasteiger partial charge in [0.1, 0.15) is 5.84 Å². The molecule has 1 aromatic carbocycles. The van der Waals surface area contributed by atoms with Gasteiger partial charge in [-0.3, -0.25) is 4.99 Å². The molecule has 0 amide bonds. The van der Waals surface area contributed by atoms with Gasteiger partial charge in [-0.2, -0.15) is 0 Å². The van der Waals surface area contributed by atoms with Gasteiger partial charge in [0.2, 0.25) is 0 Å². The molecule has 1 aliphatic heterocycles. The lowest BCUT2D eigenvalue weighted by molar-refractivity contribution is 0.112. The van der Waals surface area contributed by atoms with Gasteiger partial charge in [-0.1, -0.05) is 11.6 Å². The van der Waals surface area contributed by atoms with Crippen LogP contribution in [0.2, 0.25) is 5.02 Å². The minimum atomic E-state index is -0.177. The molecule has 4 heteroatoms. The molecule has 1 aliphatic carbocycles. The van der Waals surface area contributed by atoms with E-state index < -0.39 is 0 Å². The number of amidine groups is 1. The van der Waals surface area contributed by atoms with Crippen molar-refractivity contribution < 1.29 is 5.11 Å². The summed E-state index contributed by atoms with van der Waals surface area (Å²) in [5, 5.41) is 13.8. The van der Waals surface area contributed by atoms with Crippen LogP contribution >= 0.6 is 11.6 Å². The van der Waals surface area contributed by atoms with Gasteiger partial charge in [0.25, 0.3) is 0 Å². The summed E-state index contributed by atoms with van der Waals surface area (Å²) in [6.45, 7) is 0. The summed E-state index contributed by atoms with van der Waals surface area (Å²) in [4.78, 5) is 4.70. The molecular weight excluding hydrogens is 236 g/mol. The molecular formula is C13H15ClN2O. The number of halogens is 1. The van der Waals surface area contributed by atoms with E-state index in [9.17, 15) is 5.11 Å². The van der Waals surface area contributed by atoms with E-state index in [4.69, 9.17) is 16.6 Å². The monoisotopic (exact) mass is 250 g/mol. The quantitative estimate of drug-likeness (QED) is 0.801. The van der Waals surface area contributed by atoms with Gasteiger partial charge in [-0.15, -0.1) is 0 Å². The summed E-state index contributed by atoms with van der Waals surface area (Å²) in [6, 6.07) is 8.31. The van der Waals surface area contributed by atoms with Gasteiger partial charge < -0.3 is 10.4 Å². The lowest BCUT2D eigenvalue weighted by atomic mass is 9.90. The summed E-state index contributed by atoms with van der Waals surface area (Å²) in [5.41, 5.74) is 1.07. The summed E-state index contributed by atoms with van der Waals surface area (Å²) >= 11 is 5.87. The molecule has 3 unspecified atom stereocenters. The first-order valence-corrected chi connectivity index (χ1v) is 6.38. The number of hydrogen-bond acceptors (Lipinski definition) is 3. The predicted molar refractivity (Wildman–Crippen MR) is 68.6 cm³/mol. The molecule has 3 nitrogen and oxygen atoms in total. The van der Waals surface area contributed by atoms with Crippen LogP contribution in [0.3, 0.4) is 0 Å². The molecule has 2 aliphatic rings. The van der Waals surface area contributed by atoms with E-state index >= 15 is 0 Å². The van der Waals surface area contributed by atoms with Crippen LogP contribution in [0.4, 0.5) is 0 Å². The molecule has 17 heavy (non-hydrogen) atoms. The normalized spacial score (nSPS) is 31.6. The van der Waals surface area contributed by atoms with Crippen molar-refractivity contribution in [1.29, 1.82) is 0 Å². The Morgan fingerprint density at radius 2 is 2.00 bits per heavy atom. The lowest BCUT2D eigenvalue weighted by Crippen LogP contribution is -2.41. The van der Waals surface area contributed by atoms with E-state index in [1.54, 1.807) is 0 Å². The Bertz CT molecular complexity index is 443. The van der Waals surface area contributed by atoms with Crippen LogP contribution in [0.1, 0.15) is 24.8 Å². The Balaban J connectivity index is 1.80. The number of aliphatic hydroxyl groups is 1. The van der Waals surface area contributed by atoms with E-state index in [2.05, 4.69) is 5.32 Å². The first kappa shape index (κ1) is 11.1. The third-order valence-corrected chi connectivity index (χ3v) is 3.77. The highest BCUT2D eigenvalue weighted by atomic mass is 35.5. The SMILES string of the molecule is OC1CCC2N=C(c3ccc(Cl)cc3)NC2C1. The van der Waals surface area contributed by atoms with Crippen molar-refractivity contribution in [2.45, 2.75) is 37.5 Å². The molecule has 3 rings (SSSR count). The number of benzene rings is 1. The van der Waals surface area contributed by atoms with Crippen LogP contribution in [-0.2, 0) is 0 Å². The fraction of sp³-hybridized carbons (Fsp3) is 0.462. The second-order valence-corrected chi connectivity index (χ2v) is 5.21. The maximum Gasteiger partial charge on any atom is 0.128 e. The van der Waals surface area contributed by atoms with E-state index in [1.807, 2.05) is 24.3 Å². The molecule has 0 saturated heterocycles. The van der Waals surface area contributed by atoms with Crippen molar-refractivity contribution in [2.24, 2.45) is 4.99 Å². The minimum Gasteiger partial charge on any atom is -0.393 e. The van der Waals surface area contributed by atoms with Crippen LogP contribution in [0.5, 0.6) is 0 Å². The number of fused-ring (bicyclic) bond motifs is 1. The Kier molecular flexibility index (Phi) is 2.81. The zero-order valence-electron chi connectivity index (χ0n) is 9.44. The highest BCUT2D eigenvalue weighted by Gasteiger charge is 2.34. The topological polar surface area (TPSA) is 44.6 Å². The summed E-state index contributed by atoms with van der Waals surface area (Å²) in [6.07, 6.45) is 2.45. The Labute approximate surface area is 106 Å². The Morgan fingerprint density at radius 3 is 2.76 bits per heavy atom. The molecule has 0 aromatic heterocycles. The number of aliphatic hydroxyl groups excluding tert-OH is 1. The van der Waals surface area contributed by atoms with E-state index in [0.717, 1.165) is 35.7 Å². The predicted octanol–water partition coefficient (Wildman–Crippen LogP) is 1.97. The Morgan fingerprint density at radius 1 is 1.24 bits per heavy atom. The van der Waals surface area contributed by atoms with E-state index in [0.29, 0.717) is 12.1 Å². The Hall–Kier alpha value is -1.06. The van der Waals surface area contributed by atoms with Crippen LogP contribution < -0.4 is 5.32 Å². The molecule has 1 saturated carbocycles. The van der Waals surface area contributed by atoms with Crippen LogP contribution in [0.25, 0.3) is 0 Å². The largest absolute Gasteiger partial charge is 0.393 e. The van der Waals surface area contributed by atoms with Crippen molar-refractivity contribution >= 4 is 17.4 Å². The molecule has 0 radical (unpaired) electrons. The lowest BCUT2D eigenvalue weighted by Gasteiger charge is -2.27. The molecule has 0 spiro atoms. The first-order valence-electron chi connectivity index (χ1n) is 6.01. The van der Waals surface area contributed by atoms with Gasteiger partial charge >= 0.3 is 0 Å². The van der Waals surface area contributed by atoms with Crippen molar-refractivity contribution in [2.75, 3.05) is 0 Å². The second kappa shape index (κ2) is 4.31. The smallest absolute Gasteiger partial charge is 0.128 e. The third kappa shape index (κ3) is 2.17. The fourth-order valence-corrected chi connectivity index (χ4v) is 2.71. The van der Waals surface area contributed by atoms with Crippen molar-refractivity contribution in [1.82, 2.24) is 5.32 Å². The average molecular weight is 251 g/mol. The van der Waals surface area contributed by atoms with Crippen molar-refractivity contribution in [3.8, 4) is 0 Å². The summed E-state index contributed by atoms with van der Waals surface area (Å²) in [5.74, 6) is 0.936. The number of aliphatic imine (C=N–C) groups is 1. The number of nitrogens with zero attached hydrogens (tertiary/aromatic N) is 1. The molecule has 1 heterocycles. The van der Waals surface area contributed by atoms with Crippen LogP contribution in [-0.4, -0.2) is 29.1 Å². The van der Waals surface area contributed by atoms with E-state index in [-0.39, 0.29) is 6.10 Å².